The van der Waals surface area contributed by atoms with Crippen molar-refractivity contribution in [1.82, 2.24) is 15.5 Å². The van der Waals surface area contributed by atoms with Crippen molar-refractivity contribution in [2.24, 2.45) is 0 Å². The number of nitrogens with zero attached hydrogens (tertiary/aromatic N) is 1. The number of fused-ring (bicyclic) bond motifs is 1. The smallest absolute Gasteiger partial charge is 0.338 e. The highest BCUT2D eigenvalue weighted by molar-refractivity contribution is 6.04. The minimum Gasteiger partial charge on any atom is -0.338 e. The van der Waals surface area contributed by atoms with Gasteiger partial charge in [-0.25, -0.2) is 4.79 Å². The summed E-state index contributed by atoms with van der Waals surface area (Å²) >= 11 is 0. The molecule has 0 radical (unpaired) electrons. The lowest BCUT2D eigenvalue weighted by molar-refractivity contribution is -0.138. The van der Waals surface area contributed by atoms with E-state index in [4.69, 9.17) is 0 Å². The van der Waals surface area contributed by atoms with Gasteiger partial charge in [0, 0.05) is 19.5 Å². The molecule has 0 bridgehead atoms. The van der Waals surface area contributed by atoms with Gasteiger partial charge in [-0.3, -0.25) is 14.9 Å². The molecule has 2 N–H and O–H groups in total. The zero-order valence-corrected chi connectivity index (χ0v) is 13.2. The molecule has 0 spiro atoms. The van der Waals surface area contributed by atoms with E-state index in [-0.39, 0.29) is 25.3 Å². The number of amides is 4. The molecule has 25 heavy (non-hydrogen) atoms. The van der Waals surface area contributed by atoms with Crippen molar-refractivity contribution in [3.05, 3.63) is 34.9 Å². The second-order valence-electron chi connectivity index (χ2n) is 6.10. The van der Waals surface area contributed by atoms with E-state index >= 15 is 0 Å². The van der Waals surface area contributed by atoms with Gasteiger partial charge in [0.1, 0.15) is 6.04 Å². The van der Waals surface area contributed by atoms with Crippen LogP contribution in [-0.2, 0) is 28.7 Å². The van der Waals surface area contributed by atoms with Crippen LogP contribution in [-0.4, -0.2) is 35.3 Å². The van der Waals surface area contributed by atoms with Gasteiger partial charge in [-0.2, -0.15) is 13.2 Å². The Morgan fingerprint density at radius 3 is 2.64 bits per heavy atom. The van der Waals surface area contributed by atoms with E-state index in [0.717, 1.165) is 12.1 Å². The standard InChI is InChI=1S/C16H16F3N3O3/c17-16(18,19)11-2-1-10-8-22(6-5-9(10)7-11)13(23)4-3-12-14(24)21-15(25)20-12/h1-2,7,12H,3-6,8H2,(H2,20,21,24,25). The monoisotopic (exact) mass is 355 g/mol. The Bertz CT molecular complexity index is 733. The van der Waals surface area contributed by atoms with E-state index in [2.05, 4.69) is 10.6 Å². The van der Waals surface area contributed by atoms with Crippen LogP contribution in [0, 0.1) is 0 Å². The van der Waals surface area contributed by atoms with Crippen LogP contribution >= 0.6 is 0 Å². The molecule has 1 fully saturated rings. The number of rotatable bonds is 3. The van der Waals surface area contributed by atoms with Crippen molar-refractivity contribution < 1.29 is 27.6 Å². The Labute approximate surface area is 141 Å². The number of hydrogen-bond donors (Lipinski definition) is 2. The van der Waals surface area contributed by atoms with E-state index in [0.29, 0.717) is 24.1 Å². The van der Waals surface area contributed by atoms with Crippen molar-refractivity contribution in [1.29, 1.82) is 0 Å². The largest absolute Gasteiger partial charge is 0.416 e. The van der Waals surface area contributed by atoms with E-state index < -0.39 is 29.7 Å². The quantitative estimate of drug-likeness (QED) is 0.808. The molecule has 1 aromatic carbocycles. The van der Waals surface area contributed by atoms with Crippen molar-refractivity contribution in [3.8, 4) is 0 Å². The average molecular weight is 355 g/mol. The molecule has 0 aliphatic carbocycles. The number of halogens is 3. The van der Waals surface area contributed by atoms with Gasteiger partial charge in [0.2, 0.25) is 5.91 Å². The third-order valence-corrected chi connectivity index (χ3v) is 4.40. The van der Waals surface area contributed by atoms with Crippen molar-refractivity contribution >= 4 is 17.8 Å². The maximum atomic E-state index is 12.7. The van der Waals surface area contributed by atoms with Crippen LogP contribution in [0.5, 0.6) is 0 Å². The maximum Gasteiger partial charge on any atom is 0.416 e. The van der Waals surface area contributed by atoms with Gasteiger partial charge in [0.25, 0.3) is 5.91 Å². The predicted molar refractivity (Wildman–Crippen MR) is 80.3 cm³/mol. The molecule has 1 aromatic rings. The lowest BCUT2D eigenvalue weighted by Gasteiger charge is -2.29. The second kappa shape index (κ2) is 6.38. The molecule has 3 rings (SSSR count). The molecule has 2 aliphatic rings. The fraction of sp³-hybridized carbons (Fsp3) is 0.438. The summed E-state index contributed by atoms with van der Waals surface area (Å²) in [6.07, 6.45) is -3.76. The van der Waals surface area contributed by atoms with E-state index in [9.17, 15) is 27.6 Å². The normalized spacial score (nSPS) is 20.1. The number of imide groups is 1. The van der Waals surface area contributed by atoms with Crippen LogP contribution in [0.3, 0.4) is 0 Å². The Hall–Kier alpha value is -2.58. The van der Waals surface area contributed by atoms with Gasteiger partial charge >= 0.3 is 12.2 Å². The van der Waals surface area contributed by atoms with Crippen LogP contribution in [0.1, 0.15) is 29.5 Å². The molecular formula is C16H16F3N3O3. The van der Waals surface area contributed by atoms with Gasteiger partial charge in [-0.15, -0.1) is 0 Å². The summed E-state index contributed by atoms with van der Waals surface area (Å²) in [5.74, 6) is -0.652. The SMILES string of the molecule is O=C1NC(=O)C(CCC(=O)N2CCc3cc(C(F)(F)F)ccc3C2)N1. The first kappa shape index (κ1) is 17.2. The first-order valence-corrected chi connectivity index (χ1v) is 7.82. The zero-order chi connectivity index (χ0) is 18.2. The predicted octanol–water partition coefficient (Wildman–Crippen LogP) is 1.58. The summed E-state index contributed by atoms with van der Waals surface area (Å²) in [6.45, 7) is 0.575. The summed E-state index contributed by atoms with van der Waals surface area (Å²) in [5, 5.41) is 4.52. The van der Waals surface area contributed by atoms with Crippen molar-refractivity contribution in [3.63, 3.8) is 0 Å². The Morgan fingerprint density at radius 2 is 2.00 bits per heavy atom. The van der Waals surface area contributed by atoms with Crippen LogP contribution in [0.4, 0.5) is 18.0 Å². The van der Waals surface area contributed by atoms with Crippen LogP contribution < -0.4 is 10.6 Å². The number of hydrogen-bond acceptors (Lipinski definition) is 3. The molecule has 9 heteroatoms. The Kier molecular flexibility index (Phi) is 4.40. The number of urea groups is 1. The summed E-state index contributed by atoms with van der Waals surface area (Å²) in [6, 6.07) is 2.26. The first-order valence-electron chi connectivity index (χ1n) is 7.82. The molecule has 0 aromatic heterocycles. The van der Waals surface area contributed by atoms with E-state index in [1.54, 1.807) is 4.90 Å². The Morgan fingerprint density at radius 1 is 1.24 bits per heavy atom. The summed E-state index contributed by atoms with van der Waals surface area (Å²) in [4.78, 5) is 36.3. The number of alkyl halides is 3. The van der Waals surface area contributed by atoms with Crippen molar-refractivity contribution in [2.45, 2.75) is 38.0 Å². The minimum absolute atomic E-state index is 0.0777. The van der Waals surface area contributed by atoms with Gasteiger partial charge in [-0.05, 0) is 36.1 Å². The number of benzene rings is 1. The molecule has 1 unspecified atom stereocenters. The van der Waals surface area contributed by atoms with E-state index in [1.807, 2.05) is 0 Å². The molecule has 1 atom stereocenters. The topological polar surface area (TPSA) is 78.5 Å². The molecule has 0 saturated carbocycles. The van der Waals surface area contributed by atoms with Gasteiger partial charge in [0.15, 0.2) is 0 Å². The number of carbonyl (C=O) groups is 3. The minimum atomic E-state index is -4.38. The molecule has 2 aliphatic heterocycles. The Balaban J connectivity index is 1.60. The van der Waals surface area contributed by atoms with Crippen molar-refractivity contribution in [2.75, 3.05) is 6.54 Å². The molecular weight excluding hydrogens is 339 g/mol. The average Bonchev–Trinajstić information content (AvgIpc) is 2.88. The highest BCUT2D eigenvalue weighted by atomic mass is 19.4. The van der Waals surface area contributed by atoms with Gasteiger partial charge in [-0.1, -0.05) is 6.07 Å². The summed E-state index contributed by atoms with van der Waals surface area (Å²) < 4.78 is 38.2. The fourth-order valence-electron chi connectivity index (χ4n) is 3.03. The molecule has 1 saturated heterocycles. The summed E-state index contributed by atoms with van der Waals surface area (Å²) in [7, 11) is 0. The molecule has 6 nitrogen and oxygen atoms in total. The molecule has 4 amide bonds. The third-order valence-electron chi connectivity index (χ3n) is 4.40. The second-order valence-corrected chi connectivity index (χ2v) is 6.10. The van der Waals surface area contributed by atoms with Crippen LogP contribution in [0.25, 0.3) is 0 Å². The maximum absolute atomic E-state index is 12.7. The molecule has 2 heterocycles. The lowest BCUT2D eigenvalue weighted by atomic mass is 9.96. The van der Waals surface area contributed by atoms with Gasteiger partial charge < -0.3 is 10.2 Å². The van der Waals surface area contributed by atoms with E-state index in [1.165, 1.54) is 6.07 Å². The highest BCUT2D eigenvalue weighted by Crippen LogP contribution is 2.32. The highest BCUT2D eigenvalue weighted by Gasteiger charge is 2.33. The van der Waals surface area contributed by atoms with Gasteiger partial charge in [0.05, 0.1) is 5.56 Å². The third kappa shape index (κ3) is 3.75. The lowest BCUT2D eigenvalue weighted by Crippen LogP contribution is -2.37. The number of carbonyl (C=O) groups excluding carboxylic acids is 3. The molecule has 134 valence electrons. The zero-order valence-electron chi connectivity index (χ0n) is 13.2. The fourth-order valence-corrected chi connectivity index (χ4v) is 3.03. The first-order chi connectivity index (χ1) is 11.7. The summed E-state index contributed by atoms with van der Waals surface area (Å²) in [5.41, 5.74) is 0.606. The van der Waals surface area contributed by atoms with Crippen LogP contribution in [0.15, 0.2) is 18.2 Å². The van der Waals surface area contributed by atoms with Crippen LogP contribution in [0.2, 0.25) is 0 Å². The number of nitrogens with one attached hydrogen (secondary N) is 2.